The summed E-state index contributed by atoms with van der Waals surface area (Å²) < 4.78 is 0. The summed E-state index contributed by atoms with van der Waals surface area (Å²) in [5.41, 5.74) is 0. The number of nitrogens with zero attached hydrogens (tertiary/aromatic N) is 1. The van der Waals surface area contributed by atoms with Crippen molar-refractivity contribution in [3.8, 4) is 0 Å². The first kappa shape index (κ1) is 18.2. The molecule has 0 saturated carbocycles. The summed E-state index contributed by atoms with van der Waals surface area (Å²) in [5, 5.41) is 8.22. The molecule has 3 rings (SSSR count). The molecule has 3 heterocycles. The third-order valence-corrected chi connectivity index (χ3v) is 5.50. The molecule has 128 valence electrons. The molecule has 2 saturated heterocycles. The van der Waals surface area contributed by atoms with Gasteiger partial charge in [0.1, 0.15) is 0 Å². The Morgan fingerprint density at radius 1 is 1.26 bits per heavy atom. The quantitative estimate of drug-likeness (QED) is 0.834. The first-order valence-electron chi connectivity index (χ1n) is 8.03. The van der Waals surface area contributed by atoms with Gasteiger partial charge in [0.2, 0.25) is 11.8 Å². The molecule has 2 amide bonds. The molecule has 0 unspecified atom stereocenters. The highest BCUT2D eigenvalue weighted by Gasteiger charge is 2.33. The minimum absolute atomic E-state index is 0. The highest BCUT2D eigenvalue weighted by molar-refractivity contribution is 7.09. The fraction of sp³-hybridized carbons (Fsp3) is 0.625. The Morgan fingerprint density at radius 2 is 2.00 bits per heavy atom. The molecule has 0 aromatic carbocycles. The third-order valence-electron chi connectivity index (χ3n) is 4.56. The largest absolute Gasteiger partial charge is 0.355 e. The van der Waals surface area contributed by atoms with E-state index in [9.17, 15) is 9.59 Å². The molecule has 0 bridgehead atoms. The van der Waals surface area contributed by atoms with Gasteiger partial charge in [-0.25, -0.2) is 0 Å². The lowest BCUT2D eigenvalue weighted by molar-refractivity contribution is -0.140. The predicted octanol–water partition coefficient (Wildman–Crippen LogP) is 1.29. The van der Waals surface area contributed by atoms with Crippen molar-refractivity contribution in [1.82, 2.24) is 15.5 Å². The van der Waals surface area contributed by atoms with Crippen LogP contribution in [0.15, 0.2) is 17.5 Å². The topological polar surface area (TPSA) is 61.4 Å². The maximum Gasteiger partial charge on any atom is 0.228 e. The maximum atomic E-state index is 12.2. The molecule has 0 atom stereocenters. The van der Waals surface area contributed by atoms with Crippen molar-refractivity contribution in [1.29, 1.82) is 0 Å². The normalized spacial score (nSPS) is 18.9. The van der Waals surface area contributed by atoms with Crippen LogP contribution in [0.25, 0.3) is 0 Å². The summed E-state index contributed by atoms with van der Waals surface area (Å²) in [5.74, 6) is 0.632. The molecule has 2 aliphatic heterocycles. The van der Waals surface area contributed by atoms with Gasteiger partial charge in [0.25, 0.3) is 0 Å². The van der Waals surface area contributed by atoms with Crippen LogP contribution in [0.2, 0.25) is 0 Å². The fourth-order valence-electron chi connectivity index (χ4n) is 2.99. The van der Waals surface area contributed by atoms with Crippen molar-refractivity contribution in [2.45, 2.75) is 19.3 Å². The molecule has 0 aliphatic carbocycles. The summed E-state index contributed by atoms with van der Waals surface area (Å²) in [6.07, 6.45) is 2.48. The van der Waals surface area contributed by atoms with E-state index < -0.39 is 0 Å². The Labute approximate surface area is 147 Å². The molecule has 7 heteroatoms. The van der Waals surface area contributed by atoms with Gasteiger partial charge in [0, 0.05) is 43.5 Å². The van der Waals surface area contributed by atoms with E-state index in [4.69, 9.17) is 0 Å². The number of rotatable bonds is 5. The zero-order valence-corrected chi connectivity index (χ0v) is 14.8. The van der Waals surface area contributed by atoms with E-state index in [1.165, 1.54) is 4.88 Å². The molecule has 0 spiro atoms. The van der Waals surface area contributed by atoms with E-state index in [2.05, 4.69) is 22.1 Å². The van der Waals surface area contributed by atoms with Gasteiger partial charge in [-0.1, -0.05) is 6.07 Å². The third kappa shape index (κ3) is 4.68. The van der Waals surface area contributed by atoms with Gasteiger partial charge in [-0.2, -0.15) is 0 Å². The molecule has 23 heavy (non-hydrogen) atoms. The average Bonchev–Trinajstić information content (AvgIpc) is 2.99. The van der Waals surface area contributed by atoms with Crippen molar-refractivity contribution >= 4 is 35.6 Å². The number of hydrogen-bond acceptors (Lipinski definition) is 4. The van der Waals surface area contributed by atoms with E-state index in [1.807, 2.05) is 11.0 Å². The number of carbonyl (C=O) groups excluding carboxylic acids is 2. The average molecular weight is 358 g/mol. The Morgan fingerprint density at radius 3 is 2.57 bits per heavy atom. The standard InChI is InChI=1S/C16H23N3O2S.ClH/c20-15(18-6-3-14-2-1-9-22-14)12-4-7-19(8-5-12)16(21)13-10-17-11-13;/h1-2,9,12-13,17H,3-8,10-11H2,(H,18,20);1H. The van der Waals surface area contributed by atoms with Crippen molar-refractivity contribution in [3.63, 3.8) is 0 Å². The lowest BCUT2D eigenvalue weighted by Gasteiger charge is -2.36. The monoisotopic (exact) mass is 357 g/mol. The highest BCUT2D eigenvalue weighted by Crippen LogP contribution is 2.20. The van der Waals surface area contributed by atoms with E-state index in [0.717, 1.165) is 45.4 Å². The van der Waals surface area contributed by atoms with Gasteiger partial charge >= 0.3 is 0 Å². The van der Waals surface area contributed by atoms with E-state index in [0.29, 0.717) is 6.54 Å². The number of amides is 2. The number of nitrogens with one attached hydrogen (secondary N) is 2. The van der Waals surface area contributed by atoms with Crippen LogP contribution < -0.4 is 10.6 Å². The number of halogens is 1. The molecule has 2 N–H and O–H groups in total. The molecular weight excluding hydrogens is 334 g/mol. The van der Waals surface area contributed by atoms with Gasteiger partial charge in [-0.15, -0.1) is 23.7 Å². The number of hydrogen-bond donors (Lipinski definition) is 2. The second-order valence-electron chi connectivity index (χ2n) is 6.08. The summed E-state index contributed by atoms with van der Waals surface area (Å²) in [4.78, 5) is 27.6. The minimum Gasteiger partial charge on any atom is -0.355 e. The fourth-order valence-corrected chi connectivity index (χ4v) is 3.70. The predicted molar refractivity (Wildman–Crippen MR) is 93.9 cm³/mol. The van der Waals surface area contributed by atoms with E-state index >= 15 is 0 Å². The summed E-state index contributed by atoms with van der Waals surface area (Å²) in [7, 11) is 0. The van der Waals surface area contributed by atoms with Crippen molar-refractivity contribution in [3.05, 3.63) is 22.4 Å². The Kier molecular flexibility index (Phi) is 6.87. The number of carbonyl (C=O) groups is 2. The van der Waals surface area contributed by atoms with Crippen LogP contribution in [-0.2, 0) is 16.0 Å². The minimum atomic E-state index is 0. The first-order chi connectivity index (χ1) is 10.7. The summed E-state index contributed by atoms with van der Waals surface area (Å²) >= 11 is 1.72. The van der Waals surface area contributed by atoms with Crippen LogP contribution in [0, 0.1) is 11.8 Å². The molecule has 2 fully saturated rings. The smallest absolute Gasteiger partial charge is 0.228 e. The van der Waals surface area contributed by atoms with E-state index in [1.54, 1.807) is 11.3 Å². The Balaban J connectivity index is 0.00000192. The lowest BCUT2D eigenvalue weighted by Crippen LogP contribution is -2.54. The van der Waals surface area contributed by atoms with Crippen LogP contribution in [0.3, 0.4) is 0 Å². The van der Waals surface area contributed by atoms with Gasteiger partial charge in [-0.3, -0.25) is 9.59 Å². The number of piperidine rings is 1. The number of likely N-dealkylation sites (tertiary alicyclic amines) is 1. The number of thiophene rings is 1. The zero-order valence-electron chi connectivity index (χ0n) is 13.1. The summed E-state index contributed by atoms with van der Waals surface area (Å²) in [6, 6.07) is 4.13. The van der Waals surface area contributed by atoms with Crippen LogP contribution in [0.4, 0.5) is 0 Å². The zero-order chi connectivity index (χ0) is 15.4. The van der Waals surface area contributed by atoms with Gasteiger partial charge < -0.3 is 15.5 Å². The van der Waals surface area contributed by atoms with Crippen LogP contribution >= 0.6 is 23.7 Å². The Bertz CT molecular complexity index is 511. The van der Waals surface area contributed by atoms with E-state index in [-0.39, 0.29) is 36.1 Å². The maximum absolute atomic E-state index is 12.2. The lowest BCUT2D eigenvalue weighted by atomic mass is 9.93. The highest BCUT2D eigenvalue weighted by atomic mass is 35.5. The van der Waals surface area contributed by atoms with Gasteiger partial charge in [0.15, 0.2) is 0 Å². The SMILES string of the molecule is Cl.O=C(NCCc1cccs1)C1CCN(C(=O)C2CNC2)CC1. The van der Waals surface area contributed by atoms with Crippen LogP contribution in [0.5, 0.6) is 0 Å². The molecule has 5 nitrogen and oxygen atoms in total. The molecule has 0 radical (unpaired) electrons. The van der Waals surface area contributed by atoms with Crippen LogP contribution in [-0.4, -0.2) is 49.4 Å². The first-order valence-corrected chi connectivity index (χ1v) is 8.91. The van der Waals surface area contributed by atoms with Crippen molar-refractivity contribution in [2.24, 2.45) is 11.8 Å². The molecular formula is C16H24ClN3O2S. The van der Waals surface area contributed by atoms with Crippen molar-refractivity contribution < 1.29 is 9.59 Å². The summed E-state index contributed by atoms with van der Waals surface area (Å²) in [6.45, 7) is 3.76. The molecule has 2 aliphatic rings. The van der Waals surface area contributed by atoms with Gasteiger partial charge in [-0.05, 0) is 30.7 Å². The second kappa shape index (κ2) is 8.66. The molecule has 1 aromatic heterocycles. The Hall–Kier alpha value is -1.11. The molecule has 1 aromatic rings. The second-order valence-corrected chi connectivity index (χ2v) is 7.11. The van der Waals surface area contributed by atoms with Crippen molar-refractivity contribution in [2.75, 3.05) is 32.7 Å². The van der Waals surface area contributed by atoms with Gasteiger partial charge in [0.05, 0.1) is 5.92 Å². The van der Waals surface area contributed by atoms with Crippen LogP contribution in [0.1, 0.15) is 17.7 Å².